The minimum absolute atomic E-state index is 0.106. The average molecular weight is 352 g/mol. The van der Waals surface area contributed by atoms with E-state index in [-0.39, 0.29) is 22.9 Å². The summed E-state index contributed by atoms with van der Waals surface area (Å²) in [4.78, 5) is 16.3. The summed E-state index contributed by atoms with van der Waals surface area (Å²) in [5, 5.41) is 6.40. The summed E-state index contributed by atoms with van der Waals surface area (Å²) in [6.07, 6.45) is 3.61. The number of piperidine rings is 1. The fraction of sp³-hybridized carbons (Fsp3) is 0.294. The van der Waals surface area contributed by atoms with E-state index in [9.17, 15) is 13.6 Å². The molecule has 2 heterocycles. The molecule has 2 N–H and O–H groups in total. The summed E-state index contributed by atoms with van der Waals surface area (Å²) in [5.41, 5.74) is 1.00. The summed E-state index contributed by atoms with van der Waals surface area (Å²) in [7, 11) is 0. The van der Waals surface area contributed by atoms with Gasteiger partial charge in [-0.15, -0.1) is 0 Å². The number of halogens is 3. The Kier molecular flexibility index (Phi) is 5.06. The number of nitrogens with one attached hydrogen (secondary N) is 2. The highest BCUT2D eigenvalue weighted by Crippen LogP contribution is 2.27. The summed E-state index contributed by atoms with van der Waals surface area (Å²) in [5.74, 6) is -2.18. The first-order valence-electron chi connectivity index (χ1n) is 7.62. The van der Waals surface area contributed by atoms with Gasteiger partial charge in [0.15, 0.2) is 11.6 Å². The zero-order valence-electron chi connectivity index (χ0n) is 12.7. The van der Waals surface area contributed by atoms with E-state index < -0.39 is 11.6 Å². The number of benzene rings is 1. The van der Waals surface area contributed by atoms with Crippen LogP contribution in [0, 0.1) is 11.6 Å². The van der Waals surface area contributed by atoms with Crippen molar-refractivity contribution in [2.45, 2.75) is 18.4 Å². The van der Waals surface area contributed by atoms with Crippen molar-refractivity contribution in [2.24, 2.45) is 0 Å². The first kappa shape index (κ1) is 16.8. The van der Waals surface area contributed by atoms with Gasteiger partial charge in [-0.3, -0.25) is 9.78 Å². The Morgan fingerprint density at radius 2 is 2.12 bits per heavy atom. The predicted molar refractivity (Wildman–Crippen MR) is 87.1 cm³/mol. The number of amides is 1. The highest BCUT2D eigenvalue weighted by Gasteiger charge is 2.29. The van der Waals surface area contributed by atoms with Crippen molar-refractivity contribution in [1.82, 2.24) is 15.6 Å². The van der Waals surface area contributed by atoms with Gasteiger partial charge in [0.2, 0.25) is 0 Å². The maximum Gasteiger partial charge on any atom is 0.253 e. The number of pyridine rings is 1. The van der Waals surface area contributed by atoms with Crippen molar-refractivity contribution < 1.29 is 13.6 Å². The Bertz CT molecular complexity index is 756. The molecule has 24 heavy (non-hydrogen) atoms. The lowest BCUT2D eigenvalue weighted by Gasteiger charge is -2.33. The van der Waals surface area contributed by atoms with Gasteiger partial charge in [-0.1, -0.05) is 17.7 Å². The highest BCUT2D eigenvalue weighted by molar-refractivity contribution is 6.33. The second-order valence-electron chi connectivity index (χ2n) is 5.71. The number of nitrogens with zero attached hydrogens (tertiary/aromatic N) is 1. The molecule has 0 spiro atoms. The lowest BCUT2D eigenvalue weighted by atomic mass is 9.86. The van der Waals surface area contributed by atoms with Crippen LogP contribution in [0.4, 0.5) is 8.78 Å². The highest BCUT2D eigenvalue weighted by atomic mass is 35.5. The quantitative estimate of drug-likeness (QED) is 0.894. The molecular weight excluding hydrogens is 336 g/mol. The van der Waals surface area contributed by atoms with Crippen molar-refractivity contribution >= 4 is 17.5 Å². The van der Waals surface area contributed by atoms with E-state index in [2.05, 4.69) is 15.6 Å². The Labute approximate surface area is 143 Å². The molecule has 2 atom stereocenters. The zero-order chi connectivity index (χ0) is 17.1. The third-order valence-corrected chi connectivity index (χ3v) is 4.49. The zero-order valence-corrected chi connectivity index (χ0v) is 13.5. The van der Waals surface area contributed by atoms with E-state index in [1.807, 2.05) is 0 Å². The number of hydrogen-bond acceptors (Lipinski definition) is 3. The van der Waals surface area contributed by atoms with Gasteiger partial charge in [0.25, 0.3) is 5.91 Å². The topological polar surface area (TPSA) is 54.0 Å². The summed E-state index contributed by atoms with van der Waals surface area (Å²) in [6, 6.07) is 5.17. The number of aromatic nitrogens is 1. The summed E-state index contributed by atoms with van der Waals surface area (Å²) >= 11 is 6.00. The molecule has 2 aromatic rings. The van der Waals surface area contributed by atoms with Gasteiger partial charge >= 0.3 is 0 Å². The molecule has 3 rings (SSSR count). The minimum atomic E-state index is -0.881. The van der Waals surface area contributed by atoms with Crippen molar-refractivity contribution in [3.05, 3.63) is 64.4 Å². The van der Waals surface area contributed by atoms with Crippen LogP contribution in [0.2, 0.25) is 5.02 Å². The van der Waals surface area contributed by atoms with Gasteiger partial charge in [-0.2, -0.15) is 0 Å². The fourth-order valence-electron chi connectivity index (χ4n) is 2.96. The van der Waals surface area contributed by atoms with Crippen LogP contribution >= 0.6 is 11.6 Å². The third-order valence-electron chi connectivity index (χ3n) is 4.19. The molecular formula is C17H16ClF2N3O. The van der Waals surface area contributed by atoms with E-state index in [4.69, 9.17) is 11.6 Å². The molecule has 0 saturated carbocycles. The van der Waals surface area contributed by atoms with Crippen molar-refractivity contribution in [2.75, 3.05) is 13.1 Å². The molecule has 126 valence electrons. The molecule has 2 unspecified atom stereocenters. The van der Waals surface area contributed by atoms with Crippen LogP contribution in [-0.2, 0) is 0 Å². The molecule has 1 fully saturated rings. The second kappa shape index (κ2) is 7.23. The Balaban J connectivity index is 1.81. The van der Waals surface area contributed by atoms with Gasteiger partial charge in [-0.05, 0) is 36.7 Å². The minimum Gasteiger partial charge on any atom is -0.347 e. The molecule has 0 radical (unpaired) electrons. The molecule has 1 aliphatic rings. The van der Waals surface area contributed by atoms with E-state index in [1.165, 1.54) is 18.5 Å². The lowest BCUT2D eigenvalue weighted by Crippen LogP contribution is -2.50. The summed E-state index contributed by atoms with van der Waals surface area (Å²) in [6.45, 7) is 1.28. The number of hydrogen-bond donors (Lipinski definition) is 2. The normalized spacial score (nSPS) is 20.6. The fourth-order valence-corrected chi connectivity index (χ4v) is 3.16. The van der Waals surface area contributed by atoms with Crippen LogP contribution in [0.25, 0.3) is 0 Å². The predicted octanol–water partition coefficient (Wildman–Crippen LogP) is 2.89. The maximum atomic E-state index is 13.5. The van der Waals surface area contributed by atoms with E-state index in [0.717, 1.165) is 12.6 Å². The van der Waals surface area contributed by atoms with Gasteiger partial charge < -0.3 is 10.6 Å². The molecule has 1 aromatic heterocycles. The van der Waals surface area contributed by atoms with E-state index in [0.29, 0.717) is 24.1 Å². The van der Waals surface area contributed by atoms with Gasteiger partial charge in [-0.25, -0.2) is 8.78 Å². The summed E-state index contributed by atoms with van der Waals surface area (Å²) < 4.78 is 26.7. The van der Waals surface area contributed by atoms with Crippen LogP contribution < -0.4 is 10.6 Å². The monoisotopic (exact) mass is 351 g/mol. The third kappa shape index (κ3) is 3.55. The second-order valence-corrected chi connectivity index (χ2v) is 6.12. The van der Waals surface area contributed by atoms with Crippen LogP contribution in [-0.4, -0.2) is 30.0 Å². The average Bonchev–Trinajstić information content (AvgIpc) is 2.58. The van der Waals surface area contributed by atoms with Gasteiger partial charge in [0, 0.05) is 30.9 Å². The lowest BCUT2D eigenvalue weighted by molar-refractivity contribution is 0.0924. The number of carbonyl (C=O) groups excluding carboxylic acids is 1. The Morgan fingerprint density at radius 1 is 1.29 bits per heavy atom. The molecule has 1 amide bonds. The molecule has 1 saturated heterocycles. The van der Waals surface area contributed by atoms with Crippen molar-refractivity contribution in [1.29, 1.82) is 0 Å². The van der Waals surface area contributed by atoms with Crippen LogP contribution in [0.3, 0.4) is 0 Å². The SMILES string of the molecule is O=C(NC1CNCCC1c1ccc(F)c(F)c1)c1ccncc1Cl. The first-order chi connectivity index (χ1) is 11.6. The smallest absolute Gasteiger partial charge is 0.253 e. The maximum absolute atomic E-state index is 13.5. The van der Waals surface area contributed by atoms with Crippen molar-refractivity contribution in [3.8, 4) is 0 Å². The van der Waals surface area contributed by atoms with Gasteiger partial charge in [0.1, 0.15) is 0 Å². The number of rotatable bonds is 3. The number of carbonyl (C=O) groups is 1. The first-order valence-corrected chi connectivity index (χ1v) is 8.00. The van der Waals surface area contributed by atoms with Crippen LogP contribution in [0.1, 0.15) is 28.3 Å². The Hall–Kier alpha value is -2.05. The van der Waals surface area contributed by atoms with Crippen LogP contribution in [0.5, 0.6) is 0 Å². The molecule has 7 heteroatoms. The van der Waals surface area contributed by atoms with E-state index in [1.54, 1.807) is 12.1 Å². The molecule has 0 aliphatic carbocycles. The molecule has 1 aliphatic heterocycles. The Morgan fingerprint density at radius 3 is 2.88 bits per heavy atom. The largest absolute Gasteiger partial charge is 0.347 e. The molecule has 0 bridgehead atoms. The molecule has 1 aromatic carbocycles. The van der Waals surface area contributed by atoms with E-state index >= 15 is 0 Å². The van der Waals surface area contributed by atoms with Crippen molar-refractivity contribution in [3.63, 3.8) is 0 Å². The molecule has 4 nitrogen and oxygen atoms in total. The van der Waals surface area contributed by atoms with Gasteiger partial charge in [0.05, 0.1) is 10.6 Å². The standard InChI is InChI=1S/C17H16ClF2N3O/c18-13-8-21-6-4-12(13)17(24)23-16-9-22-5-3-11(16)10-1-2-14(19)15(20)7-10/h1-2,4,6-8,11,16,22H,3,5,9H2,(H,23,24). The van der Waals surface area contributed by atoms with Crippen LogP contribution in [0.15, 0.2) is 36.7 Å².